The molecule has 23 heavy (non-hydrogen) atoms. The van der Waals surface area contributed by atoms with Crippen molar-refractivity contribution < 1.29 is 4.79 Å². The van der Waals surface area contributed by atoms with Crippen molar-refractivity contribution in [3.8, 4) is 0 Å². The van der Waals surface area contributed by atoms with E-state index in [1.165, 1.54) is 4.68 Å². The zero-order valence-corrected chi connectivity index (χ0v) is 13.7. The van der Waals surface area contributed by atoms with Gasteiger partial charge >= 0.3 is 0 Å². The van der Waals surface area contributed by atoms with Crippen LogP contribution < -0.4 is 10.9 Å². The first-order valence-corrected chi connectivity index (χ1v) is 7.81. The monoisotopic (exact) mass is 372 g/mol. The second kappa shape index (κ2) is 6.70. The molecule has 0 saturated heterocycles. The minimum atomic E-state index is -0.243. The lowest BCUT2D eigenvalue weighted by atomic mass is 10.2. The first kappa shape index (κ1) is 15.4. The van der Waals surface area contributed by atoms with E-state index in [1.807, 2.05) is 12.1 Å². The zero-order valence-electron chi connectivity index (χ0n) is 12.1. The summed E-state index contributed by atoms with van der Waals surface area (Å²) in [5.74, 6) is -0.186. The summed E-state index contributed by atoms with van der Waals surface area (Å²) in [4.78, 5) is 24.2. The number of rotatable bonds is 4. The molecular weight excluding hydrogens is 360 g/mol. The van der Waals surface area contributed by atoms with E-state index in [0.29, 0.717) is 16.6 Å². The molecule has 1 N–H and O–H groups in total. The van der Waals surface area contributed by atoms with Gasteiger partial charge in [-0.05, 0) is 36.4 Å². The summed E-state index contributed by atoms with van der Waals surface area (Å²) in [6.07, 6.45) is 0.142. The van der Waals surface area contributed by atoms with Gasteiger partial charge < -0.3 is 5.32 Å². The van der Waals surface area contributed by atoms with Gasteiger partial charge in [0.15, 0.2) is 0 Å². The Morgan fingerprint density at radius 1 is 1.13 bits per heavy atom. The van der Waals surface area contributed by atoms with Gasteiger partial charge in [-0.15, -0.1) is 5.10 Å². The fourth-order valence-corrected chi connectivity index (χ4v) is 2.40. The molecule has 0 fully saturated rings. The number of amides is 1. The van der Waals surface area contributed by atoms with Crippen molar-refractivity contribution in [2.75, 3.05) is 5.32 Å². The van der Waals surface area contributed by atoms with E-state index in [1.54, 1.807) is 36.4 Å². The van der Waals surface area contributed by atoms with Crippen LogP contribution in [0.5, 0.6) is 0 Å². The lowest BCUT2D eigenvalue weighted by molar-refractivity contribution is -0.116. The van der Waals surface area contributed by atoms with Gasteiger partial charge in [-0.3, -0.25) is 9.59 Å². The predicted molar refractivity (Wildman–Crippen MR) is 91.2 cm³/mol. The van der Waals surface area contributed by atoms with Gasteiger partial charge in [0.25, 0.3) is 5.56 Å². The van der Waals surface area contributed by atoms with Crippen molar-refractivity contribution in [1.29, 1.82) is 0 Å². The molecule has 2 aromatic carbocycles. The summed E-state index contributed by atoms with van der Waals surface area (Å²) in [6.45, 7) is 0.180. The van der Waals surface area contributed by atoms with E-state index in [9.17, 15) is 9.59 Å². The fraction of sp³-hybridized carbons (Fsp3) is 0.125. The third-order valence-electron chi connectivity index (χ3n) is 3.31. The Bertz CT molecular complexity index is 906. The number of halogens is 1. The van der Waals surface area contributed by atoms with Crippen LogP contribution in [0.15, 0.2) is 57.8 Å². The lowest BCUT2D eigenvalue weighted by Crippen LogP contribution is -2.26. The quantitative estimate of drug-likeness (QED) is 0.763. The van der Waals surface area contributed by atoms with Crippen LogP contribution in [0.2, 0.25) is 0 Å². The number of carbonyl (C=O) groups is 1. The number of anilines is 1. The highest BCUT2D eigenvalue weighted by molar-refractivity contribution is 9.10. The second-order valence-electron chi connectivity index (χ2n) is 4.94. The summed E-state index contributed by atoms with van der Waals surface area (Å²) in [6, 6.07) is 14.3. The van der Waals surface area contributed by atoms with E-state index < -0.39 is 0 Å². The van der Waals surface area contributed by atoms with E-state index in [-0.39, 0.29) is 24.4 Å². The molecule has 116 valence electrons. The van der Waals surface area contributed by atoms with E-state index in [0.717, 1.165) is 4.47 Å². The number of aromatic nitrogens is 3. The number of hydrogen-bond donors (Lipinski definition) is 1. The Hall–Kier alpha value is -2.54. The average molecular weight is 373 g/mol. The normalized spacial score (nSPS) is 10.7. The van der Waals surface area contributed by atoms with Crippen LogP contribution >= 0.6 is 15.9 Å². The van der Waals surface area contributed by atoms with Crippen LogP contribution in [0.1, 0.15) is 6.42 Å². The Kier molecular flexibility index (Phi) is 4.47. The molecule has 0 unspecified atom stereocenters. The Morgan fingerprint density at radius 3 is 2.65 bits per heavy atom. The molecule has 1 heterocycles. The molecule has 0 bridgehead atoms. The van der Waals surface area contributed by atoms with E-state index >= 15 is 0 Å². The maximum absolute atomic E-state index is 12.3. The van der Waals surface area contributed by atoms with Crippen molar-refractivity contribution in [3.63, 3.8) is 0 Å². The molecule has 1 amide bonds. The van der Waals surface area contributed by atoms with Crippen LogP contribution in [0.25, 0.3) is 10.9 Å². The van der Waals surface area contributed by atoms with Gasteiger partial charge in [0.05, 0.1) is 11.9 Å². The van der Waals surface area contributed by atoms with Gasteiger partial charge in [-0.2, -0.15) is 0 Å². The molecule has 0 atom stereocenters. The first-order valence-electron chi connectivity index (χ1n) is 7.01. The molecule has 6 nitrogen and oxygen atoms in total. The lowest BCUT2D eigenvalue weighted by Gasteiger charge is -2.06. The Labute approximate surface area is 140 Å². The molecule has 0 aliphatic heterocycles. The fourth-order valence-electron chi connectivity index (χ4n) is 2.13. The van der Waals surface area contributed by atoms with Crippen LogP contribution in [0, 0.1) is 0 Å². The molecular formula is C16H13BrN4O2. The van der Waals surface area contributed by atoms with Crippen LogP contribution in [0.4, 0.5) is 5.69 Å². The van der Waals surface area contributed by atoms with Crippen LogP contribution in [-0.2, 0) is 11.3 Å². The maximum atomic E-state index is 12.3. The molecule has 0 saturated carbocycles. The van der Waals surface area contributed by atoms with E-state index in [2.05, 4.69) is 31.6 Å². The second-order valence-corrected chi connectivity index (χ2v) is 5.86. The maximum Gasteiger partial charge on any atom is 0.277 e. The van der Waals surface area contributed by atoms with Gasteiger partial charge in [0.1, 0.15) is 5.52 Å². The summed E-state index contributed by atoms with van der Waals surface area (Å²) < 4.78 is 2.15. The molecule has 1 aromatic heterocycles. The number of hydrogen-bond acceptors (Lipinski definition) is 4. The minimum Gasteiger partial charge on any atom is -0.326 e. The summed E-state index contributed by atoms with van der Waals surface area (Å²) in [5, 5.41) is 11.1. The summed E-state index contributed by atoms with van der Waals surface area (Å²) in [7, 11) is 0. The number of carbonyl (C=O) groups excluding carboxylic acids is 1. The van der Waals surface area contributed by atoms with Crippen LogP contribution in [0.3, 0.4) is 0 Å². The smallest absolute Gasteiger partial charge is 0.277 e. The number of nitrogens with one attached hydrogen (secondary N) is 1. The van der Waals surface area contributed by atoms with Gasteiger partial charge in [-0.1, -0.05) is 33.3 Å². The number of fused-ring (bicyclic) bond motifs is 1. The molecule has 3 aromatic rings. The highest BCUT2D eigenvalue weighted by atomic mass is 79.9. The molecule has 0 aliphatic rings. The average Bonchev–Trinajstić information content (AvgIpc) is 2.57. The Balaban J connectivity index is 1.68. The molecule has 3 rings (SSSR count). The molecule has 0 aliphatic carbocycles. The van der Waals surface area contributed by atoms with Gasteiger partial charge in [0, 0.05) is 16.6 Å². The standard InChI is InChI=1S/C16H13BrN4O2/c17-11-5-7-12(8-6-11)18-15(22)9-10-21-16(23)13-3-1-2-4-14(13)19-20-21/h1-8H,9-10H2,(H,18,22). The summed E-state index contributed by atoms with van der Waals surface area (Å²) in [5.41, 5.74) is 1.01. The number of nitrogens with zero attached hydrogens (tertiary/aromatic N) is 3. The molecule has 7 heteroatoms. The third-order valence-corrected chi connectivity index (χ3v) is 3.84. The van der Waals surface area contributed by atoms with E-state index in [4.69, 9.17) is 0 Å². The Morgan fingerprint density at radius 2 is 1.87 bits per heavy atom. The highest BCUT2D eigenvalue weighted by Crippen LogP contribution is 2.14. The summed E-state index contributed by atoms with van der Waals surface area (Å²) >= 11 is 3.33. The third kappa shape index (κ3) is 3.62. The van der Waals surface area contributed by atoms with Gasteiger partial charge in [0.2, 0.25) is 5.91 Å². The van der Waals surface area contributed by atoms with Gasteiger partial charge in [-0.25, -0.2) is 4.68 Å². The SMILES string of the molecule is O=C(CCn1nnc2ccccc2c1=O)Nc1ccc(Br)cc1. The van der Waals surface area contributed by atoms with Crippen molar-refractivity contribution in [2.45, 2.75) is 13.0 Å². The van der Waals surface area contributed by atoms with Crippen molar-refractivity contribution >= 4 is 38.4 Å². The van der Waals surface area contributed by atoms with Crippen molar-refractivity contribution in [3.05, 3.63) is 63.4 Å². The number of benzene rings is 2. The van der Waals surface area contributed by atoms with Crippen LogP contribution in [-0.4, -0.2) is 20.9 Å². The van der Waals surface area contributed by atoms with Crippen molar-refractivity contribution in [1.82, 2.24) is 15.0 Å². The number of aryl methyl sites for hydroxylation is 1. The molecule has 0 radical (unpaired) electrons. The molecule has 0 spiro atoms. The highest BCUT2D eigenvalue weighted by Gasteiger charge is 2.08. The predicted octanol–water partition coefficient (Wildman–Crippen LogP) is 2.58. The topological polar surface area (TPSA) is 76.9 Å². The first-order chi connectivity index (χ1) is 11.1. The largest absolute Gasteiger partial charge is 0.326 e. The van der Waals surface area contributed by atoms with Crippen molar-refractivity contribution in [2.24, 2.45) is 0 Å². The minimum absolute atomic E-state index is 0.142. The zero-order chi connectivity index (χ0) is 16.2.